The quantitative estimate of drug-likeness (QED) is 0.333. The molecule has 0 aromatic carbocycles. The lowest BCUT2D eigenvalue weighted by atomic mass is 10.0. The highest BCUT2D eigenvalue weighted by atomic mass is 19.3. The number of alkyl halides is 2. The van der Waals surface area contributed by atoms with Crippen LogP contribution in [0, 0.1) is 6.92 Å². The summed E-state index contributed by atoms with van der Waals surface area (Å²) in [7, 11) is 1.32. The van der Waals surface area contributed by atoms with Crippen LogP contribution in [0.3, 0.4) is 0 Å². The van der Waals surface area contributed by atoms with E-state index in [1.165, 1.54) is 22.7 Å². The third-order valence-corrected chi connectivity index (χ3v) is 6.47. The van der Waals surface area contributed by atoms with Crippen molar-refractivity contribution >= 4 is 23.2 Å². The molecule has 0 atom stereocenters. The van der Waals surface area contributed by atoms with Gasteiger partial charge in [-0.25, -0.2) is 9.31 Å². The van der Waals surface area contributed by atoms with Gasteiger partial charge in [-0.1, -0.05) is 10.4 Å². The topological polar surface area (TPSA) is 158 Å². The Hall–Kier alpha value is -5.28. The van der Waals surface area contributed by atoms with E-state index in [1.807, 2.05) is 0 Å². The van der Waals surface area contributed by atoms with E-state index in [1.54, 1.807) is 37.5 Å². The fraction of sp³-hybridized carbons (Fsp3) is 0.250. The van der Waals surface area contributed by atoms with Crippen LogP contribution in [0.5, 0.6) is 0 Å². The molecule has 5 aromatic rings. The SMILES string of the molecule is COC(=O)N1CC(c2nc(-c3cnc(C)c(NC(=O)c4cnn5cc(-c6cn(C(F)F)nn6)ccc45)c3)no2)C1. The second-order valence-electron chi connectivity index (χ2n) is 9.01. The van der Waals surface area contributed by atoms with Gasteiger partial charge in [0, 0.05) is 36.6 Å². The number of rotatable bonds is 6. The fourth-order valence-electron chi connectivity index (χ4n) is 4.22. The zero-order chi connectivity index (χ0) is 28.0. The predicted octanol–water partition coefficient (Wildman–Crippen LogP) is 3.16. The summed E-state index contributed by atoms with van der Waals surface area (Å²) in [6.45, 7) is -0.228. The second-order valence-corrected chi connectivity index (χ2v) is 9.01. The van der Waals surface area contributed by atoms with Crippen molar-refractivity contribution in [2.45, 2.75) is 19.4 Å². The van der Waals surface area contributed by atoms with Gasteiger partial charge in [0.25, 0.3) is 5.91 Å². The predicted molar refractivity (Wildman–Crippen MR) is 132 cm³/mol. The number of methoxy groups -OCH3 is 1. The summed E-state index contributed by atoms with van der Waals surface area (Å²) < 4.78 is 37.7. The molecule has 1 saturated heterocycles. The molecule has 0 spiro atoms. The standard InChI is InChI=1S/C24H20F2N10O4/c1-12-17(5-14(6-27-12)20-30-22(40-32-20)15-8-34(9-15)24(38)39-2)29-21(37)16-7-28-35-10-13(3-4-19(16)35)18-11-36(23(25)26)33-31-18/h3-7,10-11,15,23H,8-9H2,1-2H3,(H,29,37). The average molecular weight is 550 g/mol. The molecule has 0 saturated carbocycles. The molecule has 6 rings (SSSR count). The monoisotopic (exact) mass is 550 g/mol. The van der Waals surface area contributed by atoms with Gasteiger partial charge in [0.2, 0.25) is 11.7 Å². The number of nitrogens with zero attached hydrogens (tertiary/aromatic N) is 9. The maximum atomic E-state index is 13.2. The van der Waals surface area contributed by atoms with E-state index >= 15 is 0 Å². The van der Waals surface area contributed by atoms with Crippen LogP contribution in [0.1, 0.15) is 34.4 Å². The number of fused-ring (bicyclic) bond motifs is 1. The average Bonchev–Trinajstić information content (AvgIpc) is 3.68. The second kappa shape index (κ2) is 9.79. The minimum atomic E-state index is -2.80. The van der Waals surface area contributed by atoms with Gasteiger partial charge in [0.1, 0.15) is 5.69 Å². The summed E-state index contributed by atoms with van der Waals surface area (Å²) in [6, 6.07) is 4.97. The van der Waals surface area contributed by atoms with Gasteiger partial charge in [-0.05, 0) is 25.1 Å². The molecule has 1 fully saturated rings. The first-order valence-corrected chi connectivity index (χ1v) is 11.9. The lowest BCUT2D eigenvalue weighted by molar-refractivity contribution is 0.0546. The molecule has 0 unspecified atom stereocenters. The Kier molecular flexibility index (Phi) is 6.13. The van der Waals surface area contributed by atoms with Crippen LogP contribution in [0.2, 0.25) is 0 Å². The van der Waals surface area contributed by atoms with E-state index in [0.29, 0.717) is 57.5 Å². The van der Waals surface area contributed by atoms with Crippen LogP contribution in [0.15, 0.2) is 47.5 Å². The Labute approximate surface area is 223 Å². The molecular weight excluding hydrogens is 530 g/mol. The van der Waals surface area contributed by atoms with Gasteiger partial charge >= 0.3 is 12.6 Å². The minimum absolute atomic E-state index is 0.0923. The van der Waals surface area contributed by atoms with Crippen molar-refractivity contribution in [3.05, 3.63) is 60.1 Å². The number of anilines is 1. The summed E-state index contributed by atoms with van der Waals surface area (Å²) in [5, 5.41) is 18.3. The number of pyridine rings is 2. The number of nitrogens with one attached hydrogen (secondary N) is 1. The lowest BCUT2D eigenvalue weighted by Gasteiger charge is -2.35. The van der Waals surface area contributed by atoms with Crippen LogP contribution in [-0.2, 0) is 4.74 Å². The fourth-order valence-corrected chi connectivity index (χ4v) is 4.22. The molecule has 16 heteroatoms. The number of aromatic nitrogens is 8. The molecule has 2 amide bonds. The van der Waals surface area contributed by atoms with Gasteiger partial charge < -0.3 is 19.5 Å². The molecule has 6 heterocycles. The molecule has 1 aliphatic heterocycles. The van der Waals surface area contributed by atoms with E-state index in [2.05, 4.69) is 35.9 Å². The van der Waals surface area contributed by atoms with Crippen LogP contribution in [0.25, 0.3) is 28.2 Å². The third kappa shape index (κ3) is 4.48. The molecule has 1 N–H and O–H groups in total. The third-order valence-electron chi connectivity index (χ3n) is 6.47. The minimum Gasteiger partial charge on any atom is -0.453 e. The lowest BCUT2D eigenvalue weighted by Crippen LogP contribution is -2.48. The van der Waals surface area contributed by atoms with Gasteiger partial charge in [0.05, 0.1) is 47.9 Å². The number of carbonyl (C=O) groups excluding carboxylic acids is 2. The number of hydrogen-bond donors (Lipinski definition) is 1. The number of amides is 2. The van der Waals surface area contributed by atoms with Crippen molar-refractivity contribution in [2.75, 3.05) is 25.5 Å². The zero-order valence-corrected chi connectivity index (χ0v) is 21.0. The van der Waals surface area contributed by atoms with E-state index in [4.69, 9.17) is 9.26 Å². The van der Waals surface area contributed by atoms with Crippen LogP contribution < -0.4 is 5.32 Å². The van der Waals surface area contributed by atoms with E-state index in [0.717, 1.165) is 6.20 Å². The molecule has 40 heavy (non-hydrogen) atoms. The molecular formula is C24H20F2N10O4. The molecule has 5 aromatic heterocycles. The molecule has 1 aliphatic rings. The van der Waals surface area contributed by atoms with Crippen molar-refractivity contribution < 1.29 is 27.6 Å². The van der Waals surface area contributed by atoms with Crippen LogP contribution >= 0.6 is 0 Å². The van der Waals surface area contributed by atoms with Crippen molar-refractivity contribution in [2.24, 2.45) is 0 Å². The number of hydrogen-bond acceptors (Lipinski definition) is 10. The van der Waals surface area contributed by atoms with Gasteiger partial charge in [-0.2, -0.15) is 23.5 Å². The van der Waals surface area contributed by atoms with E-state index in [9.17, 15) is 18.4 Å². The molecule has 0 radical (unpaired) electrons. The first kappa shape index (κ1) is 25.0. The molecule has 0 aliphatic carbocycles. The van der Waals surface area contributed by atoms with Crippen LogP contribution in [-0.4, -0.2) is 76.8 Å². The van der Waals surface area contributed by atoms with Gasteiger partial charge in [0.15, 0.2) is 0 Å². The zero-order valence-electron chi connectivity index (χ0n) is 21.0. The first-order valence-electron chi connectivity index (χ1n) is 11.9. The summed E-state index contributed by atoms with van der Waals surface area (Å²) in [4.78, 5) is 35.1. The molecule has 14 nitrogen and oxygen atoms in total. The van der Waals surface area contributed by atoms with Gasteiger partial charge in [-0.3, -0.25) is 9.78 Å². The maximum absolute atomic E-state index is 13.2. The van der Waals surface area contributed by atoms with Crippen molar-refractivity contribution in [3.8, 4) is 22.6 Å². The highest BCUT2D eigenvalue weighted by Gasteiger charge is 2.36. The van der Waals surface area contributed by atoms with E-state index < -0.39 is 18.5 Å². The largest absolute Gasteiger partial charge is 0.453 e. The summed E-state index contributed by atoms with van der Waals surface area (Å²) in [5.41, 5.74) is 3.06. The number of carbonyl (C=O) groups is 2. The van der Waals surface area contributed by atoms with Crippen molar-refractivity contribution in [1.29, 1.82) is 0 Å². The molecule has 204 valence electrons. The highest BCUT2D eigenvalue weighted by molar-refractivity contribution is 6.09. The Balaban J connectivity index is 1.19. The molecule has 0 bridgehead atoms. The number of likely N-dealkylation sites (tertiary alicyclic amines) is 1. The smallest absolute Gasteiger partial charge is 0.409 e. The Morgan fingerprint density at radius 3 is 2.75 bits per heavy atom. The van der Waals surface area contributed by atoms with E-state index in [-0.39, 0.29) is 17.2 Å². The maximum Gasteiger partial charge on any atom is 0.409 e. The van der Waals surface area contributed by atoms with Crippen molar-refractivity contribution in [1.82, 2.24) is 44.6 Å². The number of aryl methyl sites for hydroxylation is 1. The highest BCUT2D eigenvalue weighted by Crippen LogP contribution is 2.29. The Bertz CT molecular complexity index is 1740. The Morgan fingerprint density at radius 1 is 1.18 bits per heavy atom. The Morgan fingerprint density at radius 2 is 2.00 bits per heavy atom. The summed E-state index contributed by atoms with van der Waals surface area (Å²) >= 11 is 0. The van der Waals surface area contributed by atoms with Crippen LogP contribution in [0.4, 0.5) is 19.3 Å². The number of ether oxygens (including phenoxy) is 1. The normalized spacial score (nSPS) is 13.6. The van der Waals surface area contributed by atoms with Crippen molar-refractivity contribution in [3.63, 3.8) is 0 Å². The van der Waals surface area contributed by atoms with Gasteiger partial charge in [-0.15, -0.1) is 5.10 Å². The summed E-state index contributed by atoms with van der Waals surface area (Å²) in [6.07, 6.45) is 5.26. The number of halogens is 2. The first-order chi connectivity index (χ1) is 19.3. The summed E-state index contributed by atoms with van der Waals surface area (Å²) in [5.74, 6) is 0.163.